The number of hydrogen-bond donors (Lipinski definition) is 3. The van der Waals surface area contributed by atoms with Gasteiger partial charge >= 0.3 is 18.3 Å². The summed E-state index contributed by atoms with van der Waals surface area (Å²) in [5.74, 6) is -2.75. The predicted molar refractivity (Wildman–Crippen MR) is 315 cm³/mol. The highest BCUT2D eigenvalue weighted by molar-refractivity contribution is 6.05. The monoisotopic (exact) mass is 1240 g/mol. The van der Waals surface area contributed by atoms with Crippen LogP contribution in [0.25, 0.3) is 68.5 Å². The van der Waals surface area contributed by atoms with Crippen molar-refractivity contribution in [2.75, 3.05) is 26.4 Å². The van der Waals surface area contributed by atoms with Crippen LogP contribution in [0, 0.1) is 24.4 Å². The van der Waals surface area contributed by atoms with Crippen molar-refractivity contribution in [3.8, 4) is 68.5 Å². The minimum Gasteiger partial charge on any atom is -0.443 e. The number of rotatable bonds is 13. The van der Waals surface area contributed by atoms with E-state index in [1.54, 1.807) is 79.7 Å². The number of ether oxygens (including phenoxy) is 5. The largest absolute Gasteiger partial charge is 0.443 e. The van der Waals surface area contributed by atoms with Crippen LogP contribution in [0.3, 0.4) is 0 Å². The quantitative estimate of drug-likeness (QED) is 0.0903. The van der Waals surface area contributed by atoms with Crippen molar-refractivity contribution in [1.82, 2.24) is 46.4 Å². The van der Waals surface area contributed by atoms with E-state index < -0.39 is 59.6 Å². The fourth-order valence-corrected chi connectivity index (χ4v) is 8.82. The van der Waals surface area contributed by atoms with Crippen LogP contribution in [0.4, 0.5) is 27.6 Å². The van der Waals surface area contributed by atoms with E-state index >= 15 is 0 Å². The van der Waals surface area contributed by atoms with Crippen molar-refractivity contribution in [3.05, 3.63) is 215 Å². The van der Waals surface area contributed by atoms with Gasteiger partial charge in [-0.3, -0.25) is 30.3 Å². The molecule has 0 saturated carbocycles. The summed E-state index contributed by atoms with van der Waals surface area (Å²) in [5.41, 5.74) is 4.47. The molecule has 23 nitrogen and oxygen atoms in total. The smallest absolute Gasteiger partial charge is 0.414 e. The van der Waals surface area contributed by atoms with Gasteiger partial charge in [0.05, 0.1) is 43.1 Å². The lowest BCUT2D eigenvalue weighted by Gasteiger charge is -2.14. The molecule has 0 spiro atoms. The molecule has 0 aliphatic carbocycles. The van der Waals surface area contributed by atoms with Gasteiger partial charge in [0.15, 0.2) is 0 Å². The van der Waals surface area contributed by atoms with Crippen molar-refractivity contribution in [2.24, 2.45) is 0 Å². The maximum atomic E-state index is 14.0. The SMILES string of the molecule is Cc1ccc(C(C)OC(=O)NC(=O)c2cccc(-c3noc(-c4ccccc4F)n3)c2)cc1.O=C(NC(=O)c1cccc(-c2noc(-c3ccccc3F)n2)c1)O[C@@H]1CCOC1.O=C(NC(=O)c1cccc(-c2noc(-c3ccccc3F)n2)c1)O[C@H]1CCOC1. The molecule has 3 N–H and O–H groups in total. The fraction of sp³-hybridized carbons (Fsp3) is 0.169. The summed E-state index contributed by atoms with van der Waals surface area (Å²) in [7, 11) is 0. The number of hydrogen-bond acceptors (Lipinski definition) is 20. The number of aryl methyl sites for hydroxylation is 1. The van der Waals surface area contributed by atoms with Crippen LogP contribution >= 0.6 is 0 Å². The molecule has 3 aromatic heterocycles. The molecule has 26 heteroatoms. The molecule has 5 heterocycles. The average Bonchev–Trinajstić information content (AvgIpc) is 1.93. The van der Waals surface area contributed by atoms with Gasteiger partial charge in [0.25, 0.3) is 35.4 Å². The summed E-state index contributed by atoms with van der Waals surface area (Å²) < 4.78 is 83.0. The third-order valence-electron chi connectivity index (χ3n) is 13.5. The molecule has 2 saturated heterocycles. The Balaban J connectivity index is 0.000000150. The molecule has 2 fully saturated rings. The standard InChI is InChI=1S/C25H20FN3O4.2C20H16FN3O5/c1-15-10-12-17(13-11-15)16(2)32-25(31)28-23(30)19-7-5-6-18(14-19)22-27-24(33-29-22)20-8-3-4-9-21(20)26;2*21-16-7-2-1-6-15(16)19-22-17(24-29-19)12-4-3-5-13(10-12)18(25)23-20(26)28-14-8-9-27-11-14/h3-14,16H,1-2H3,(H,28,30,31);2*1-7,10,14H,8-9,11H2,(H,23,25,26)/t;2*14-/m.10/s1. The van der Waals surface area contributed by atoms with E-state index in [1.807, 2.05) is 31.2 Å². The maximum absolute atomic E-state index is 14.0. The number of halogens is 3. The first-order valence-corrected chi connectivity index (χ1v) is 28.0. The molecule has 0 bridgehead atoms. The predicted octanol–water partition coefficient (Wildman–Crippen LogP) is 11.9. The van der Waals surface area contributed by atoms with E-state index in [0.29, 0.717) is 56.0 Å². The minimum atomic E-state index is -0.861. The second-order valence-electron chi connectivity index (χ2n) is 20.1. The second-order valence-corrected chi connectivity index (χ2v) is 20.1. The lowest BCUT2D eigenvalue weighted by atomic mass is 10.1. The van der Waals surface area contributed by atoms with Crippen LogP contribution in [0.2, 0.25) is 0 Å². The van der Waals surface area contributed by atoms with Gasteiger partial charge in [-0.2, -0.15) is 15.0 Å². The zero-order valence-electron chi connectivity index (χ0n) is 48.2. The van der Waals surface area contributed by atoms with Gasteiger partial charge < -0.3 is 37.3 Å². The zero-order chi connectivity index (χ0) is 63.8. The average molecular weight is 1240 g/mol. The minimum absolute atomic E-state index is 0.0200. The van der Waals surface area contributed by atoms with E-state index in [0.717, 1.165) is 11.1 Å². The molecule has 6 amide bonds. The van der Waals surface area contributed by atoms with E-state index in [4.69, 9.17) is 37.3 Å². The van der Waals surface area contributed by atoms with Crippen LogP contribution in [0.15, 0.2) is 183 Å². The highest BCUT2D eigenvalue weighted by atomic mass is 19.1. The van der Waals surface area contributed by atoms with E-state index in [9.17, 15) is 41.9 Å². The first kappa shape index (κ1) is 62.5. The van der Waals surface area contributed by atoms with E-state index in [-0.39, 0.29) is 80.7 Å². The Morgan fingerprint density at radius 3 is 1.15 bits per heavy atom. The molecule has 12 rings (SSSR count). The second kappa shape index (κ2) is 29.5. The van der Waals surface area contributed by atoms with Crippen LogP contribution in [0.1, 0.15) is 68.1 Å². The summed E-state index contributed by atoms with van der Waals surface area (Å²) in [4.78, 5) is 85.7. The van der Waals surface area contributed by atoms with Crippen molar-refractivity contribution >= 4 is 36.0 Å². The van der Waals surface area contributed by atoms with Gasteiger partial charge in [0, 0.05) is 46.2 Å². The lowest BCUT2D eigenvalue weighted by Crippen LogP contribution is -2.34. The number of amides is 6. The Hall–Kier alpha value is -11.5. The van der Waals surface area contributed by atoms with Gasteiger partial charge in [0.2, 0.25) is 17.5 Å². The van der Waals surface area contributed by atoms with Gasteiger partial charge in [-0.05, 0) is 92.2 Å². The highest BCUT2D eigenvalue weighted by Crippen LogP contribution is 2.29. The summed E-state index contributed by atoms with van der Waals surface area (Å²) >= 11 is 0. The summed E-state index contributed by atoms with van der Waals surface area (Å²) in [6.07, 6.45) is -2.58. The number of alkyl carbamates (subject to hydrolysis) is 3. The Morgan fingerprint density at radius 1 is 0.462 bits per heavy atom. The van der Waals surface area contributed by atoms with Gasteiger partial charge in [-0.1, -0.05) is 118 Å². The molecule has 1 unspecified atom stereocenters. The van der Waals surface area contributed by atoms with E-state index in [2.05, 4.69) is 46.4 Å². The van der Waals surface area contributed by atoms with Gasteiger partial charge in [0.1, 0.15) is 35.8 Å². The number of imide groups is 3. The third-order valence-corrected chi connectivity index (χ3v) is 13.5. The Kier molecular flexibility index (Phi) is 20.2. The molecular formula is C65H52F3N9O14. The number of aromatic nitrogens is 6. The normalized spacial score (nSPS) is 14.3. The number of nitrogens with one attached hydrogen (secondary N) is 3. The molecule has 7 aromatic carbocycles. The summed E-state index contributed by atoms with van der Waals surface area (Å²) in [6, 6.07) is 44.6. The molecule has 2 aliphatic heterocycles. The van der Waals surface area contributed by atoms with Crippen LogP contribution in [-0.4, -0.2) is 105 Å². The molecule has 0 radical (unpaired) electrons. The van der Waals surface area contributed by atoms with Crippen LogP contribution < -0.4 is 16.0 Å². The number of nitrogens with zero attached hydrogens (tertiary/aromatic N) is 6. The van der Waals surface area contributed by atoms with Gasteiger partial charge in [-0.15, -0.1) is 0 Å². The van der Waals surface area contributed by atoms with E-state index in [1.165, 1.54) is 72.8 Å². The first-order chi connectivity index (χ1) is 44.1. The summed E-state index contributed by atoms with van der Waals surface area (Å²) in [5, 5.41) is 18.1. The zero-order valence-corrected chi connectivity index (χ0v) is 48.2. The Labute approximate surface area is 514 Å². The Bertz CT molecular complexity index is 4070. The maximum Gasteiger partial charge on any atom is 0.414 e. The molecule has 91 heavy (non-hydrogen) atoms. The third kappa shape index (κ3) is 16.6. The topological polar surface area (TPSA) is 301 Å². The molecule has 462 valence electrons. The first-order valence-electron chi connectivity index (χ1n) is 28.0. The molecule has 3 atom stereocenters. The van der Waals surface area contributed by atoms with Crippen molar-refractivity contribution in [2.45, 2.75) is 45.0 Å². The molecule has 10 aromatic rings. The number of carbonyl (C=O) groups is 6. The van der Waals surface area contributed by atoms with Crippen molar-refractivity contribution in [1.29, 1.82) is 0 Å². The van der Waals surface area contributed by atoms with Crippen molar-refractivity contribution < 1.29 is 79.2 Å². The van der Waals surface area contributed by atoms with Crippen LogP contribution in [-0.2, 0) is 23.7 Å². The number of carbonyl (C=O) groups excluding carboxylic acids is 6. The van der Waals surface area contributed by atoms with Crippen LogP contribution in [0.5, 0.6) is 0 Å². The fourth-order valence-electron chi connectivity index (χ4n) is 8.82. The molecular weight excluding hydrogens is 1190 g/mol. The van der Waals surface area contributed by atoms with Gasteiger partial charge in [-0.25, -0.2) is 27.6 Å². The summed E-state index contributed by atoms with van der Waals surface area (Å²) in [6.45, 7) is 5.36. The highest BCUT2D eigenvalue weighted by Gasteiger charge is 2.25. The number of benzene rings is 7. The molecule has 2 aliphatic rings. The lowest BCUT2D eigenvalue weighted by molar-refractivity contribution is 0.0740. The van der Waals surface area contributed by atoms with Crippen molar-refractivity contribution in [3.63, 3.8) is 0 Å². The Morgan fingerprint density at radius 2 is 0.813 bits per heavy atom.